The molecule has 2 heterocycles. The fraction of sp³-hybridized carbons (Fsp3) is 0.538. The predicted molar refractivity (Wildman–Crippen MR) is 64.5 cm³/mol. The standard InChI is InChI=1S/C13H18N2O/c1-5-6-9-7-14-12(13(2,3)4)11-10(9)15-8-16-11/h7-8H,5-6H2,1-4H3. The Morgan fingerprint density at radius 2 is 2.00 bits per heavy atom. The summed E-state index contributed by atoms with van der Waals surface area (Å²) in [6.45, 7) is 8.56. The Kier molecular flexibility index (Phi) is 2.70. The van der Waals surface area contributed by atoms with E-state index in [2.05, 4.69) is 37.7 Å². The smallest absolute Gasteiger partial charge is 0.182 e. The zero-order valence-corrected chi connectivity index (χ0v) is 10.4. The van der Waals surface area contributed by atoms with Crippen LogP contribution in [0.25, 0.3) is 11.1 Å². The van der Waals surface area contributed by atoms with Gasteiger partial charge in [0.2, 0.25) is 0 Å². The van der Waals surface area contributed by atoms with Crippen molar-refractivity contribution in [1.82, 2.24) is 9.97 Å². The number of hydrogen-bond acceptors (Lipinski definition) is 3. The van der Waals surface area contributed by atoms with Crippen molar-refractivity contribution < 1.29 is 4.42 Å². The molecule has 2 rings (SSSR count). The molecule has 2 aromatic heterocycles. The molecule has 0 saturated carbocycles. The summed E-state index contributed by atoms with van der Waals surface area (Å²) >= 11 is 0. The summed E-state index contributed by atoms with van der Waals surface area (Å²) in [6.07, 6.45) is 5.55. The van der Waals surface area contributed by atoms with E-state index in [1.165, 1.54) is 12.0 Å². The second-order valence-electron chi connectivity index (χ2n) is 5.16. The second-order valence-corrected chi connectivity index (χ2v) is 5.16. The van der Waals surface area contributed by atoms with Crippen molar-refractivity contribution in [3.05, 3.63) is 23.8 Å². The lowest BCUT2D eigenvalue weighted by molar-refractivity contribution is 0.539. The number of aryl methyl sites for hydroxylation is 1. The molecule has 0 aliphatic rings. The largest absolute Gasteiger partial charge is 0.442 e. The van der Waals surface area contributed by atoms with E-state index >= 15 is 0 Å². The van der Waals surface area contributed by atoms with E-state index in [0.717, 1.165) is 29.6 Å². The highest BCUT2D eigenvalue weighted by molar-refractivity contribution is 5.78. The summed E-state index contributed by atoms with van der Waals surface area (Å²) < 4.78 is 5.49. The Balaban J connectivity index is 2.64. The molecule has 16 heavy (non-hydrogen) atoms. The molecule has 0 aliphatic carbocycles. The molecule has 86 valence electrons. The summed E-state index contributed by atoms with van der Waals surface area (Å²) in [4.78, 5) is 8.84. The maximum Gasteiger partial charge on any atom is 0.182 e. The van der Waals surface area contributed by atoms with Crippen molar-refractivity contribution in [2.24, 2.45) is 0 Å². The third-order valence-electron chi connectivity index (χ3n) is 2.67. The molecule has 0 aromatic carbocycles. The molecular weight excluding hydrogens is 200 g/mol. The monoisotopic (exact) mass is 218 g/mol. The second kappa shape index (κ2) is 3.89. The Labute approximate surface area is 95.9 Å². The van der Waals surface area contributed by atoms with Gasteiger partial charge < -0.3 is 4.42 Å². The number of nitrogens with zero attached hydrogens (tertiary/aromatic N) is 2. The topological polar surface area (TPSA) is 38.9 Å². The first-order valence-electron chi connectivity index (χ1n) is 5.75. The van der Waals surface area contributed by atoms with Gasteiger partial charge in [-0.2, -0.15) is 0 Å². The highest BCUT2D eigenvalue weighted by Crippen LogP contribution is 2.29. The number of oxazole rings is 1. The van der Waals surface area contributed by atoms with Gasteiger partial charge in [0.05, 0.1) is 5.69 Å². The Morgan fingerprint density at radius 1 is 1.25 bits per heavy atom. The molecular formula is C13H18N2O. The summed E-state index contributed by atoms with van der Waals surface area (Å²) in [5.74, 6) is 0. The van der Waals surface area contributed by atoms with Gasteiger partial charge in [0, 0.05) is 17.2 Å². The lowest BCUT2D eigenvalue weighted by Crippen LogP contribution is -2.14. The fourth-order valence-corrected chi connectivity index (χ4v) is 1.89. The summed E-state index contributed by atoms with van der Waals surface area (Å²) in [7, 11) is 0. The SMILES string of the molecule is CCCc1cnc(C(C)(C)C)c2ocnc12. The van der Waals surface area contributed by atoms with E-state index in [4.69, 9.17) is 4.42 Å². The lowest BCUT2D eigenvalue weighted by Gasteiger charge is -2.17. The van der Waals surface area contributed by atoms with Gasteiger partial charge in [0.15, 0.2) is 12.0 Å². The number of aromatic nitrogens is 2. The fourth-order valence-electron chi connectivity index (χ4n) is 1.89. The van der Waals surface area contributed by atoms with Crippen LogP contribution in [-0.2, 0) is 11.8 Å². The molecule has 0 bridgehead atoms. The summed E-state index contributed by atoms with van der Waals surface area (Å²) in [5, 5.41) is 0. The first-order valence-corrected chi connectivity index (χ1v) is 5.75. The van der Waals surface area contributed by atoms with Crippen LogP contribution in [0.3, 0.4) is 0 Å². The van der Waals surface area contributed by atoms with Gasteiger partial charge in [-0.05, 0) is 6.42 Å². The molecule has 0 radical (unpaired) electrons. The Hall–Kier alpha value is -1.38. The molecule has 0 N–H and O–H groups in total. The molecule has 0 aliphatic heterocycles. The molecule has 0 atom stereocenters. The number of fused-ring (bicyclic) bond motifs is 1. The Morgan fingerprint density at radius 3 is 2.62 bits per heavy atom. The third kappa shape index (κ3) is 1.82. The van der Waals surface area contributed by atoms with Crippen molar-refractivity contribution in [1.29, 1.82) is 0 Å². The number of rotatable bonds is 2. The van der Waals surface area contributed by atoms with Crippen molar-refractivity contribution >= 4 is 11.1 Å². The zero-order chi connectivity index (χ0) is 11.8. The van der Waals surface area contributed by atoms with Crippen molar-refractivity contribution in [3.8, 4) is 0 Å². The van der Waals surface area contributed by atoms with Crippen LogP contribution < -0.4 is 0 Å². The molecule has 0 saturated heterocycles. The first-order chi connectivity index (χ1) is 7.54. The molecule has 3 heteroatoms. The molecule has 0 fully saturated rings. The van der Waals surface area contributed by atoms with Crippen LogP contribution in [0.15, 0.2) is 17.0 Å². The highest BCUT2D eigenvalue weighted by atomic mass is 16.3. The van der Waals surface area contributed by atoms with Crippen LogP contribution in [0.2, 0.25) is 0 Å². The van der Waals surface area contributed by atoms with E-state index < -0.39 is 0 Å². The van der Waals surface area contributed by atoms with Gasteiger partial charge in [-0.3, -0.25) is 4.98 Å². The molecule has 2 aromatic rings. The maximum absolute atomic E-state index is 5.49. The van der Waals surface area contributed by atoms with Crippen LogP contribution in [0.1, 0.15) is 45.4 Å². The number of pyridine rings is 1. The minimum absolute atomic E-state index is 0.0114. The van der Waals surface area contributed by atoms with E-state index in [-0.39, 0.29) is 5.41 Å². The maximum atomic E-state index is 5.49. The van der Waals surface area contributed by atoms with E-state index in [0.29, 0.717) is 0 Å². The molecule has 0 amide bonds. The van der Waals surface area contributed by atoms with Crippen LogP contribution in [-0.4, -0.2) is 9.97 Å². The van der Waals surface area contributed by atoms with Crippen LogP contribution in [0, 0.1) is 0 Å². The summed E-state index contributed by atoms with van der Waals surface area (Å²) in [6, 6.07) is 0. The summed E-state index contributed by atoms with van der Waals surface area (Å²) in [5.41, 5.74) is 3.97. The minimum atomic E-state index is -0.0114. The van der Waals surface area contributed by atoms with Crippen LogP contribution >= 0.6 is 0 Å². The van der Waals surface area contributed by atoms with Gasteiger partial charge >= 0.3 is 0 Å². The average Bonchev–Trinajstić information content (AvgIpc) is 2.65. The van der Waals surface area contributed by atoms with Gasteiger partial charge in [0.1, 0.15) is 5.52 Å². The van der Waals surface area contributed by atoms with Gasteiger partial charge in [0.25, 0.3) is 0 Å². The van der Waals surface area contributed by atoms with Crippen LogP contribution in [0.5, 0.6) is 0 Å². The van der Waals surface area contributed by atoms with Gasteiger partial charge in [-0.1, -0.05) is 34.1 Å². The van der Waals surface area contributed by atoms with Gasteiger partial charge in [-0.15, -0.1) is 0 Å². The third-order valence-corrected chi connectivity index (χ3v) is 2.67. The van der Waals surface area contributed by atoms with Crippen molar-refractivity contribution in [3.63, 3.8) is 0 Å². The quantitative estimate of drug-likeness (QED) is 0.774. The Bertz CT molecular complexity index is 494. The van der Waals surface area contributed by atoms with Crippen LogP contribution in [0.4, 0.5) is 0 Å². The lowest BCUT2D eigenvalue weighted by atomic mass is 9.90. The zero-order valence-electron chi connectivity index (χ0n) is 10.4. The first kappa shape index (κ1) is 11.1. The van der Waals surface area contributed by atoms with Crippen molar-refractivity contribution in [2.45, 2.75) is 46.0 Å². The van der Waals surface area contributed by atoms with Crippen molar-refractivity contribution in [2.75, 3.05) is 0 Å². The molecule has 3 nitrogen and oxygen atoms in total. The van der Waals surface area contributed by atoms with E-state index in [1.807, 2.05) is 6.20 Å². The number of hydrogen-bond donors (Lipinski definition) is 0. The predicted octanol–water partition coefficient (Wildman–Crippen LogP) is 3.47. The molecule has 0 unspecified atom stereocenters. The normalized spacial score (nSPS) is 12.2. The highest BCUT2D eigenvalue weighted by Gasteiger charge is 2.22. The molecule has 0 spiro atoms. The minimum Gasteiger partial charge on any atom is -0.442 e. The van der Waals surface area contributed by atoms with E-state index in [1.54, 1.807) is 0 Å². The van der Waals surface area contributed by atoms with Gasteiger partial charge in [-0.25, -0.2) is 4.98 Å². The van der Waals surface area contributed by atoms with E-state index in [9.17, 15) is 0 Å². The average molecular weight is 218 g/mol.